The number of nitrogen functional groups attached to an aromatic ring is 2. The van der Waals surface area contributed by atoms with Crippen molar-refractivity contribution in [1.29, 1.82) is 0 Å². The number of ether oxygens (including phenoxy) is 2. The number of phenols is 2. The van der Waals surface area contributed by atoms with Crippen LogP contribution in [0.2, 0.25) is 0 Å². The van der Waals surface area contributed by atoms with Crippen LogP contribution in [-0.2, 0) is 40.5 Å². The van der Waals surface area contributed by atoms with Crippen molar-refractivity contribution >= 4 is 108 Å². The molecule has 0 heterocycles. The number of nitrogens with two attached hydrogens (primary N) is 2. The van der Waals surface area contributed by atoms with Gasteiger partial charge in [0.25, 0.3) is 40.5 Å². The molecule has 6 aromatic rings. The number of aromatic hydroxyl groups is 2. The number of methoxy groups -OCH3 is 2. The molecular weight excluding hydrogens is 921 g/mol. The SMILES string of the molecule is COc1cc(N=[N+]([O-])c2ccc(N=Nc3c(S(=O)(=O)O)cc4cc(S(=O)(=O)O)cc(N)c4c3O)c(OC)c2)ccc1N=Nc1c(S(=O)(=O)O)cc2cc(S(=O)(=O)O)cc(N)c2c1O. The number of hydrogen-bond acceptors (Lipinski definition) is 20. The monoisotopic (exact) mass is 948 g/mol. The van der Waals surface area contributed by atoms with Gasteiger partial charge in [0, 0.05) is 39.4 Å². The Labute approximate surface area is 354 Å². The second-order valence-corrected chi connectivity index (χ2v) is 18.4. The maximum Gasteiger partial charge on any atom is 0.296 e. The molecule has 6 aromatic carbocycles. The Morgan fingerprint density at radius 1 is 0.556 bits per heavy atom. The summed E-state index contributed by atoms with van der Waals surface area (Å²) in [5, 5.41) is 53.2. The van der Waals surface area contributed by atoms with Crippen LogP contribution in [0.5, 0.6) is 23.0 Å². The van der Waals surface area contributed by atoms with E-state index in [0.29, 0.717) is 0 Å². The molecule has 0 bridgehead atoms. The summed E-state index contributed by atoms with van der Waals surface area (Å²) < 4.78 is 145. The van der Waals surface area contributed by atoms with E-state index < -0.39 is 94.3 Å². The fourth-order valence-corrected chi connectivity index (χ4v) is 8.34. The number of nitrogens with zero attached hydrogens (tertiary/aromatic N) is 6. The molecule has 0 spiro atoms. The number of azo groups is 3. The summed E-state index contributed by atoms with van der Waals surface area (Å²) in [7, 11) is -17.6. The summed E-state index contributed by atoms with van der Waals surface area (Å²) in [6, 6.07) is 11.9. The van der Waals surface area contributed by atoms with Crippen LogP contribution in [0.4, 0.5) is 45.5 Å². The lowest BCUT2D eigenvalue weighted by Crippen LogP contribution is -2.02. The molecule has 6 rings (SSSR count). The largest absolute Gasteiger partial charge is 0.594 e. The first kappa shape index (κ1) is 45.4. The molecule has 0 fully saturated rings. The maximum atomic E-state index is 13.2. The van der Waals surface area contributed by atoms with Gasteiger partial charge in [-0.15, -0.1) is 20.5 Å². The van der Waals surface area contributed by atoms with Crippen LogP contribution < -0.4 is 20.9 Å². The molecule has 25 nitrogen and oxygen atoms in total. The van der Waals surface area contributed by atoms with E-state index in [1.807, 2.05) is 0 Å². The van der Waals surface area contributed by atoms with Crippen molar-refractivity contribution in [1.82, 2.24) is 0 Å². The first-order valence-corrected chi connectivity index (χ1v) is 22.5. The van der Waals surface area contributed by atoms with Crippen LogP contribution in [0.15, 0.2) is 118 Å². The zero-order chi connectivity index (χ0) is 46.6. The highest BCUT2D eigenvalue weighted by Gasteiger charge is 2.27. The van der Waals surface area contributed by atoms with E-state index >= 15 is 0 Å². The molecule has 0 amide bonds. The third kappa shape index (κ3) is 9.24. The van der Waals surface area contributed by atoms with Crippen LogP contribution in [0, 0.1) is 5.21 Å². The van der Waals surface area contributed by atoms with Gasteiger partial charge < -0.3 is 36.4 Å². The van der Waals surface area contributed by atoms with Crippen LogP contribution >= 0.6 is 0 Å². The van der Waals surface area contributed by atoms with E-state index in [-0.39, 0.29) is 60.7 Å². The number of phenolic OH excluding ortho intramolecular Hbond substituents is 2. The average molecular weight is 949 g/mol. The predicted octanol–water partition coefficient (Wildman–Crippen LogP) is 6.33. The molecule has 0 aliphatic carbocycles. The summed E-state index contributed by atoms with van der Waals surface area (Å²) in [5.74, 6) is -2.12. The van der Waals surface area contributed by atoms with Gasteiger partial charge in [0.05, 0.1) is 30.1 Å². The Morgan fingerprint density at radius 3 is 1.37 bits per heavy atom. The van der Waals surface area contributed by atoms with Crippen LogP contribution in [-0.4, -0.2) is 81.2 Å². The average Bonchev–Trinajstić information content (AvgIpc) is 3.18. The number of anilines is 2. The molecule has 0 aliphatic rings. The fourth-order valence-electron chi connectivity index (χ4n) is 5.92. The van der Waals surface area contributed by atoms with Crippen molar-refractivity contribution in [3.8, 4) is 23.0 Å². The molecule has 0 atom stereocenters. The highest BCUT2D eigenvalue weighted by molar-refractivity contribution is 7.86. The van der Waals surface area contributed by atoms with Crippen molar-refractivity contribution in [3.05, 3.63) is 78.0 Å². The first-order chi connectivity index (χ1) is 29.2. The second-order valence-electron chi connectivity index (χ2n) is 12.8. The second kappa shape index (κ2) is 16.3. The molecule has 0 saturated carbocycles. The highest BCUT2D eigenvalue weighted by atomic mass is 32.2. The molecule has 0 aliphatic heterocycles. The minimum Gasteiger partial charge on any atom is -0.594 e. The van der Waals surface area contributed by atoms with Crippen LogP contribution in [0.25, 0.3) is 21.5 Å². The van der Waals surface area contributed by atoms with Crippen LogP contribution in [0.3, 0.4) is 0 Å². The zero-order valence-electron chi connectivity index (χ0n) is 31.6. The van der Waals surface area contributed by atoms with Gasteiger partial charge in [0.2, 0.25) is 5.69 Å². The maximum absolute atomic E-state index is 13.2. The van der Waals surface area contributed by atoms with Crippen molar-refractivity contribution in [2.75, 3.05) is 25.7 Å². The quantitative estimate of drug-likeness (QED) is 0.0218. The van der Waals surface area contributed by atoms with E-state index in [1.165, 1.54) is 44.6 Å². The minimum absolute atomic E-state index is 0.0503. The number of rotatable bonds is 12. The van der Waals surface area contributed by atoms with E-state index in [4.69, 9.17) is 20.9 Å². The molecule has 29 heteroatoms. The van der Waals surface area contributed by atoms with E-state index in [0.717, 1.165) is 42.5 Å². The van der Waals surface area contributed by atoms with E-state index in [9.17, 15) is 67.3 Å². The first-order valence-electron chi connectivity index (χ1n) is 16.7. The Balaban J connectivity index is 1.33. The Morgan fingerprint density at radius 2 is 0.968 bits per heavy atom. The summed E-state index contributed by atoms with van der Waals surface area (Å²) in [6.07, 6.45) is 0. The number of fused-ring (bicyclic) bond motifs is 2. The van der Waals surface area contributed by atoms with Gasteiger partial charge in [-0.25, -0.2) is 0 Å². The lowest BCUT2D eigenvalue weighted by atomic mass is 10.1. The Bertz CT molecular complexity index is 3490. The fraction of sp³-hybridized carbons (Fsp3) is 0.0588. The molecule has 10 N–H and O–H groups in total. The molecule has 330 valence electrons. The highest BCUT2D eigenvalue weighted by Crippen LogP contribution is 2.47. The third-order valence-electron chi connectivity index (χ3n) is 8.73. The minimum atomic E-state index is -5.17. The van der Waals surface area contributed by atoms with Gasteiger partial charge in [-0.05, 0) is 70.2 Å². The lowest BCUT2D eigenvalue weighted by molar-refractivity contribution is -0.435. The standard InChI is InChI=1S/C34H28N8O17S4/c1-58-25-11-17(3-5-23(25)37-39-31-27(62(52,53)54)9-15-7-19(60(46,47)48)13-21(35)29(15)33(31)43)41-42(45)18-4-6-24(26(12-18)59-2)38-40-32-28(63(55,56)57)10-16-8-20(61(49,50)51)14-22(36)30(16)34(32)44/h3-14,43-44H,35-36H2,1-2H3,(H,46,47,48)(H,49,50,51)(H,52,53,54)(H,55,56,57). The van der Waals surface area contributed by atoms with E-state index in [2.05, 4.69) is 25.6 Å². The van der Waals surface area contributed by atoms with Gasteiger partial charge in [0.15, 0.2) is 17.2 Å². The topological polar surface area (TPSA) is 416 Å². The molecule has 0 radical (unpaired) electrons. The van der Waals surface area contributed by atoms with Crippen molar-refractivity contribution < 1.29 is 76.4 Å². The smallest absolute Gasteiger partial charge is 0.296 e. The van der Waals surface area contributed by atoms with Gasteiger partial charge in [-0.1, -0.05) is 0 Å². The molecule has 0 unspecified atom stereocenters. The molecule has 0 saturated heterocycles. The normalized spacial score (nSPS) is 13.1. The Kier molecular flexibility index (Phi) is 11.7. The van der Waals surface area contributed by atoms with Gasteiger partial charge in [-0.3, -0.25) is 18.2 Å². The zero-order valence-corrected chi connectivity index (χ0v) is 34.8. The van der Waals surface area contributed by atoms with Crippen molar-refractivity contribution in [2.45, 2.75) is 19.6 Å². The summed E-state index contributed by atoms with van der Waals surface area (Å²) in [4.78, 5) is -3.37. The lowest BCUT2D eigenvalue weighted by Gasteiger charge is -2.12. The molecular formula is C34H28N8O17S4. The summed E-state index contributed by atoms with van der Waals surface area (Å²) in [6.45, 7) is 0. The summed E-state index contributed by atoms with van der Waals surface area (Å²) >= 11 is 0. The molecule has 63 heavy (non-hydrogen) atoms. The Hall–Kier alpha value is -7.12. The van der Waals surface area contributed by atoms with Gasteiger partial charge in [-0.2, -0.15) is 33.7 Å². The van der Waals surface area contributed by atoms with E-state index in [1.54, 1.807) is 0 Å². The van der Waals surface area contributed by atoms with Gasteiger partial charge >= 0.3 is 0 Å². The third-order valence-corrected chi connectivity index (χ3v) is 12.1. The number of benzene rings is 6. The van der Waals surface area contributed by atoms with Gasteiger partial charge in [0.1, 0.15) is 44.0 Å². The predicted molar refractivity (Wildman–Crippen MR) is 219 cm³/mol. The molecule has 0 aromatic heterocycles. The van der Waals surface area contributed by atoms with Crippen LogP contribution in [0.1, 0.15) is 0 Å². The summed E-state index contributed by atoms with van der Waals surface area (Å²) in [5.41, 5.74) is 8.82. The van der Waals surface area contributed by atoms with Crippen molar-refractivity contribution in [2.24, 2.45) is 25.6 Å². The number of hydrogen-bond donors (Lipinski definition) is 8. The van der Waals surface area contributed by atoms with Crippen molar-refractivity contribution in [3.63, 3.8) is 0 Å².